The van der Waals surface area contributed by atoms with Crippen LogP contribution in [0.5, 0.6) is 0 Å². The van der Waals surface area contributed by atoms with E-state index in [-0.39, 0.29) is 22.3 Å². The summed E-state index contributed by atoms with van der Waals surface area (Å²) in [5, 5.41) is 1.99. The molecule has 0 saturated heterocycles. The molecule has 0 radical (unpaired) electrons. The topological polar surface area (TPSA) is 85.1 Å². The molecule has 0 bridgehead atoms. The summed E-state index contributed by atoms with van der Waals surface area (Å²) in [7, 11) is -3.65. The molecule has 0 aliphatic heterocycles. The standard InChI is InChI=1S/C10H9BrClN3O2S2/c11-6-1-7(18-5-6)3-15-19(16,17)8-2-9(12)10(13)14-4-8/h1-2,4-5,15H,3H2,(H2,13,14). The molecular weight excluding hydrogens is 374 g/mol. The number of hydrogen-bond acceptors (Lipinski definition) is 5. The summed E-state index contributed by atoms with van der Waals surface area (Å²) >= 11 is 10.5. The van der Waals surface area contributed by atoms with Crippen LogP contribution in [0.2, 0.25) is 5.02 Å². The normalized spacial score (nSPS) is 11.7. The highest BCUT2D eigenvalue weighted by atomic mass is 79.9. The molecule has 2 rings (SSSR count). The minimum absolute atomic E-state index is 0.0117. The number of thiophene rings is 1. The maximum atomic E-state index is 12.0. The minimum atomic E-state index is -3.65. The number of nitrogen functional groups attached to an aromatic ring is 1. The SMILES string of the molecule is Nc1ncc(S(=O)(=O)NCc2cc(Br)cs2)cc1Cl. The van der Waals surface area contributed by atoms with Crippen LogP contribution in [0.1, 0.15) is 4.88 Å². The van der Waals surface area contributed by atoms with Gasteiger partial charge in [0.2, 0.25) is 10.0 Å². The van der Waals surface area contributed by atoms with Gasteiger partial charge < -0.3 is 5.73 Å². The Morgan fingerprint density at radius 3 is 2.79 bits per heavy atom. The number of nitrogens with one attached hydrogen (secondary N) is 1. The molecule has 2 aromatic rings. The third kappa shape index (κ3) is 3.67. The average Bonchev–Trinajstić information content (AvgIpc) is 2.76. The van der Waals surface area contributed by atoms with Crippen molar-refractivity contribution >= 4 is 54.7 Å². The molecule has 0 aliphatic rings. The van der Waals surface area contributed by atoms with Crippen molar-refractivity contribution in [1.29, 1.82) is 0 Å². The van der Waals surface area contributed by atoms with Gasteiger partial charge in [-0.05, 0) is 28.1 Å². The van der Waals surface area contributed by atoms with Crippen LogP contribution in [0.25, 0.3) is 0 Å². The highest BCUT2D eigenvalue weighted by molar-refractivity contribution is 9.10. The van der Waals surface area contributed by atoms with Gasteiger partial charge in [-0.1, -0.05) is 11.6 Å². The summed E-state index contributed by atoms with van der Waals surface area (Å²) in [6.07, 6.45) is 1.17. The number of hydrogen-bond donors (Lipinski definition) is 2. The lowest BCUT2D eigenvalue weighted by atomic mass is 10.5. The van der Waals surface area contributed by atoms with Crippen LogP contribution in [0.3, 0.4) is 0 Å². The van der Waals surface area contributed by atoms with E-state index in [4.69, 9.17) is 17.3 Å². The molecule has 0 spiro atoms. The van der Waals surface area contributed by atoms with E-state index in [1.165, 1.54) is 23.6 Å². The van der Waals surface area contributed by atoms with Crippen molar-refractivity contribution < 1.29 is 8.42 Å². The van der Waals surface area contributed by atoms with E-state index < -0.39 is 10.0 Å². The molecule has 0 unspecified atom stereocenters. The van der Waals surface area contributed by atoms with E-state index in [1.54, 1.807) is 0 Å². The van der Waals surface area contributed by atoms with Crippen LogP contribution in [-0.4, -0.2) is 13.4 Å². The van der Waals surface area contributed by atoms with Gasteiger partial charge in [0.1, 0.15) is 10.7 Å². The number of rotatable bonds is 4. The summed E-state index contributed by atoms with van der Waals surface area (Å²) < 4.78 is 27.4. The summed E-state index contributed by atoms with van der Waals surface area (Å²) in [5.41, 5.74) is 5.44. The number of anilines is 1. The third-order valence-corrected chi connectivity index (χ3v) is 5.58. The van der Waals surface area contributed by atoms with Gasteiger partial charge in [0, 0.05) is 27.5 Å². The molecule has 19 heavy (non-hydrogen) atoms. The smallest absolute Gasteiger partial charge is 0.242 e. The zero-order chi connectivity index (χ0) is 14.0. The molecular formula is C10H9BrClN3O2S2. The molecule has 0 aliphatic carbocycles. The van der Waals surface area contributed by atoms with Gasteiger partial charge in [0.05, 0.1) is 5.02 Å². The first-order valence-electron chi connectivity index (χ1n) is 5.02. The van der Waals surface area contributed by atoms with Crippen molar-refractivity contribution in [2.45, 2.75) is 11.4 Å². The predicted molar refractivity (Wildman–Crippen MR) is 79.7 cm³/mol. The molecule has 0 fully saturated rings. The van der Waals surface area contributed by atoms with Crippen LogP contribution in [0.15, 0.2) is 33.1 Å². The number of nitrogens with zero attached hydrogens (tertiary/aromatic N) is 1. The Morgan fingerprint density at radius 1 is 1.47 bits per heavy atom. The summed E-state index contributed by atoms with van der Waals surface area (Å²) in [6, 6.07) is 3.12. The van der Waals surface area contributed by atoms with Crippen LogP contribution >= 0.6 is 38.9 Å². The van der Waals surface area contributed by atoms with Gasteiger partial charge in [-0.3, -0.25) is 0 Å². The lowest BCUT2D eigenvalue weighted by Gasteiger charge is -2.06. The Kier molecular flexibility index (Phi) is 4.46. The van der Waals surface area contributed by atoms with E-state index in [0.717, 1.165) is 9.35 Å². The van der Waals surface area contributed by atoms with Crippen LogP contribution in [-0.2, 0) is 16.6 Å². The van der Waals surface area contributed by atoms with E-state index >= 15 is 0 Å². The maximum absolute atomic E-state index is 12.0. The number of nitrogens with two attached hydrogens (primary N) is 1. The lowest BCUT2D eigenvalue weighted by molar-refractivity contribution is 0.581. The Hall–Kier alpha value is -0.670. The van der Waals surface area contributed by atoms with Crippen molar-refractivity contribution in [2.24, 2.45) is 0 Å². The summed E-state index contributed by atoms with van der Waals surface area (Å²) in [4.78, 5) is 4.61. The minimum Gasteiger partial charge on any atom is -0.382 e. The van der Waals surface area contributed by atoms with E-state index in [9.17, 15) is 8.42 Å². The second-order valence-electron chi connectivity index (χ2n) is 3.59. The van der Waals surface area contributed by atoms with Gasteiger partial charge in [0.15, 0.2) is 0 Å². The second kappa shape index (κ2) is 5.76. The summed E-state index contributed by atoms with van der Waals surface area (Å²) in [6.45, 7) is 0.209. The van der Waals surface area contributed by atoms with Crippen molar-refractivity contribution in [2.75, 3.05) is 5.73 Å². The Balaban J connectivity index is 2.16. The zero-order valence-corrected chi connectivity index (χ0v) is 13.4. The highest BCUT2D eigenvalue weighted by Gasteiger charge is 2.16. The first-order valence-corrected chi connectivity index (χ1v) is 8.55. The third-order valence-electron chi connectivity index (χ3n) is 2.21. The molecule has 0 atom stereocenters. The molecule has 9 heteroatoms. The molecule has 2 aromatic heterocycles. The molecule has 102 valence electrons. The quantitative estimate of drug-likeness (QED) is 0.851. The molecule has 2 heterocycles. The number of pyridine rings is 1. The highest BCUT2D eigenvalue weighted by Crippen LogP contribution is 2.22. The van der Waals surface area contributed by atoms with Gasteiger partial charge in [-0.15, -0.1) is 11.3 Å². The van der Waals surface area contributed by atoms with E-state index in [2.05, 4.69) is 25.6 Å². The fraction of sp³-hybridized carbons (Fsp3) is 0.100. The second-order valence-corrected chi connectivity index (χ2v) is 7.68. The molecule has 0 aromatic carbocycles. The van der Waals surface area contributed by atoms with Gasteiger partial charge in [-0.2, -0.15) is 0 Å². The average molecular weight is 383 g/mol. The zero-order valence-electron chi connectivity index (χ0n) is 9.43. The van der Waals surface area contributed by atoms with Crippen molar-refractivity contribution in [3.05, 3.63) is 38.1 Å². The molecule has 0 saturated carbocycles. The Labute approximate surface area is 128 Å². The molecule has 0 amide bonds. The molecule has 5 nitrogen and oxygen atoms in total. The van der Waals surface area contributed by atoms with Crippen molar-refractivity contribution in [3.8, 4) is 0 Å². The van der Waals surface area contributed by atoms with Crippen LogP contribution in [0, 0.1) is 0 Å². The Morgan fingerprint density at radius 2 is 2.21 bits per heavy atom. The monoisotopic (exact) mass is 381 g/mol. The first kappa shape index (κ1) is 14.7. The number of sulfonamides is 1. The number of halogens is 2. The number of aromatic nitrogens is 1. The van der Waals surface area contributed by atoms with E-state index in [0.29, 0.717) is 0 Å². The lowest BCUT2D eigenvalue weighted by Crippen LogP contribution is -2.23. The fourth-order valence-corrected chi connectivity index (χ4v) is 3.96. The summed E-state index contributed by atoms with van der Waals surface area (Å²) in [5.74, 6) is 0.0998. The maximum Gasteiger partial charge on any atom is 0.242 e. The first-order chi connectivity index (χ1) is 8.88. The van der Waals surface area contributed by atoms with Crippen LogP contribution < -0.4 is 10.5 Å². The van der Waals surface area contributed by atoms with Gasteiger partial charge in [-0.25, -0.2) is 18.1 Å². The van der Waals surface area contributed by atoms with E-state index in [1.807, 2.05) is 11.4 Å². The molecule has 3 N–H and O–H groups in total. The fourth-order valence-electron chi connectivity index (χ4n) is 1.27. The Bertz CT molecular complexity index is 703. The van der Waals surface area contributed by atoms with Crippen molar-refractivity contribution in [3.63, 3.8) is 0 Å². The van der Waals surface area contributed by atoms with Gasteiger partial charge >= 0.3 is 0 Å². The predicted octanol–water partition coefficient (Wildman–Crippen LogP) is 2.62. The van der Waals surface area contributed by atoms with Crippen LogP contribution in [0.4, 0.5) is 5.82 Å². The van der Waals surface area contributed by atoms with Gasteiger partial charge in [0.25, 0.3) is 0 Å². The van der Waals surface area contributed by atoms with Crippen molar-refractivity contribution in [1.82, 2.24) is 9.71 Å². The largest absolute Gasteiger partial charge is 0.382 e.